The predicted octanol–water partition coefficient (Wildman–Crippen LogP) is 2.65. The molecule has 2 aromatic rings. The molecule has 0 atom stereocenters. The summed E-state index contributed by atoms with van der Waals surface area (Å²) in [7, 11) is 0. The Morgan fingerprint density at radius 1 is 1.29 bits per heavy atom. The number of aromatic nitrogens is 2. The van der Waals surface area contributed by atoms with Crippen LogP contribution >= 0.6 is 0 Å². The Labute approximate surface area is 124 Å². The molecule has 0 aliphatic rings. The summed E-state index contributed by atoms with van der Waals surface area (Å²) < 4.78 is 12.5. The van der Waals surface area contributed by atoms with E-state index in [2.05, 4.69) is 4.98 Å². The highest BCUT2D eigenvalue weighted by Crippen LogP contribution is 2.13. The number of hydrogen-bond acceptors (Lipinski definition) is 4. The first-order chi connectivity index (χ1) is 10.3. The summed E-state index contributed by atoms with van der Waals surface area (Å²) in [5.41, 5.74) is 1.19. The van der Waals surface area contributed by atoms with E-state index in [4.69, 9.17) is 9.47 Å². The Morgan fingerprint density at radius 3 is 2.76 bits per heavy atom. The fourth-order valence-electron chi connectivity index (χ4n) is 1.92. The van der Waals surface area contributed by atoms with Crippen LogP contribution in [0.5, 0.6) is 5.75 Å². The first-order valence-corrected chi connectivity index (χ1v) is 7.11. The average molecular weight is 288 g/mol. The minimum absolute atomic E-state index is 0.170. The molecular weight excluding hydrogens is 268 g/mol. The zero-order valence-corrected chi connectivity index (χ0v) is 12.2. The Hall–Kier alpha value is -2.30. The van der Waals surface area contributed by atoms with Crippen molar-refractivity contribution >= 4 is 5.97 Å². The topological polar surface area (TPSA) is 53.4 Å². The SMILES string of the molecule is CCOC(=O)CCCOc1ccc(Cn2ccnc2)cc1. The summed E-state index contributed by atoms with van der Waals surface area (Å²) in [6.45, 7) is 3.54. The first kappa shape index (κ1) is 15.1. The third-order valence-corrected chi connectivity index (χ3v) is 2.95. The van der Waals surface area contributed by atoms with Crippen LogP contribution in [0, 0.1) is 0 Å². The standard InChI is InChI=1S/C16H20N2O3/c1-2-20-16(19)4-3-11-21-15-7-5-14(6-8-15)12-18-10-9-17-13-18/h5-10,13H,2-4,11-12H2,1H3. The van der Waals surface area contributed by atoms with Crippen molar-refractivity contribution in [3.8, 4) is 5.75 Å². The van der Waals surface area contributed by atoms with Crippen LogP contribution in [0.1, 0.15) is 25.3 Å². The zero-order chi connectivity index (χ0) is 14.9. The Morgan fingerprint density at radius 2 is 2.10 bits per heavy atom. The molecule has 112 valence electrons. The Balaban J connectivity index is 1.71. The van der Waals surface area contributed by atoms with Crippen molar-refractivity contribution in [3.63, 3.8) is 0 Å². The number of carbonyl (C=O) groups excluding carboxylic acids is 1. The lowest BCUT2D eigenvalue weighted by Gasteiger charge is -2.07. The smallest absolute Gasteiger partial charge is 0.305 e. The van der Waals surface area contributed by atoms with E-state index in [9.17, 15) is 4.79 Å². The molecule has 1 aromatic carbocycles. The molecule has 0 bridgehead atoms. The van der Waals surface area contributed by atoms with E-state index in [-0.39, 0.29) is 5.97 Å². The quantitative estimate of drug-likeness (QED) is 0.553. The molecule has 0 aliphatic carbocycles. The molecule has 0 aliphatic heterocycles. The lowest BCUT2D eigenvalue weighted by Crippen LogP contribution is -2.06. The minimum Gasteiger partial charge on any atom is -0.494 e. The van der Waals surface area contributed by atoms with Gasteiger partial charge in [-0.2, -0.15) is 0 Å². The van der Waals surface area contributed by atoms with Crippen molar-refractivity contribution in [2.45, 2.75) is 26.3 Å². The molecule has 5 nitrogen and oxygen atoms in total. The second-order valence-corrected chi connectivity index (χ2v) is 4.64. The molecule has 1 heterocycles. The molecule has 2 rings (SSSR count). The third-order valence-electron chi connectivity index (χ3n) is 2.95. The van der Waals surface area contributed by atoms with Crippen molar-refractivity contribution < 1.29 is 14.3 Å². The highest BCUT2D eigenvalue weighted by atomic mass is 16.5. The van der Waals surface area contributed by atoms with E-state index in [1.54, 1.807) is 19.4 Å². The van der Waals surface area contributed by atoms with Gasteiger partial charge in [0, 0.05) is 25.4 Å². The van der Waals surface area contributed by atoms with Gasteiger partial charge in [0.25, 0.3) is 0 Å². The third kappa shape index (κ3) is 5.30. The number of imidazole rings is 1. The lowest BCUT2D eigenvalue weighted by atomic mass is 10.2. The van der Waals surface area contributed by atoms with Crippen molar-refractivity contribution in [3.05, 3.63) is 48.5 Å². The molecule has 21 heavy (non-hydrogen) atoms. The maximum atomic E-state index is 11.2. The fraction of sp³-hybridized carbons (Fsp3) is 0.375. The average Bonchev–Trinajstić information content (AvgIpc) is 2.98. The van der Waals surface area contributed by atoms with E-state index in [0.717, 1.165) is 12.3 Å². The van der Waals surface area contributed by atoms with Crippen LogP contribution in [0.3, 0.4) is 0 Å². The number of rotatable bonds is 8. The van der Waals surface area contributed by atoms with Crippen molar-refractivity contribution in [1.29, 1.82) is 0 Å². The van der Waals surface area contributed by atoms with Gasteiger partial charge in [-0.3, -0.25) is 4.79 Å². The predicted molar refractivity (Wildman–Crippen MR) is 79.1 cm³/mol. The molecule has 0 saturated carbocycles. The molecule has 0 spiro atoms. The second-order valence-electron chi connectivity index (χ2n) is 4.64. The Bertz CT molecular complexity index is 535. The second kappa shape index (κ2) is 8.09. The van der Waals surface area contributed by atoms with E-state index < -0.39 is 0 Å². The van der Waals surface area contributed by atoms with Gasteiger partial charge in [0.15, 0.2) is 0 Å². The highest BCUT2D eigenvalue weighted by molar-refractivity contribution is 5.69. The molecule has 0 amide bonds. The van der Waals surface area contributed by atoms with E-state index in [1.165, 1.54) is 5.56 Å². The zero-order valence-electron chi connectivity index (χ0n) is 12.2. The summed E-state index contributed by atoms with van der Waals surface area (Å²) in [4.78, 5) is 15.2. The number of nitrogens with zero attached hydrogens (tertiary/aromatic N) is 2. The Kier molecular flexibility index (Phi) is 5.82. The summed E-state index contributed by atoms with van der Waals surface area (Å²) >= 11 is 0. The number of esters is 1. The normalized spacial score (nSPS) is 10.3. The summed E-state index contributed by atoms with van der Waals surface area (Å²) in [6.07, 6.45) is 6.54. The number of carbonyl (C=O) groups is 1. The van der Waals surface area contributed by atoms with Gasteiger partial charge in [-0.05, 0) is 31.0 Å². The molecule has 5 heteroatoms. The molecule has 0 N–H and O–H groups in total. The van der Waals surface area contributed by atoms with E-state index in [1.807, 2.05) is 35.0 Å². The first-order valence-electron chi connectivity index (χ1n) is 7.11. The summed E-state index contributed by atoms with van der Waals surface area (Å²) in [5, 5.41) is 0. The van der Waals surface area contributed by atoms with Crippen LogP contribution in [-0.2, 0) is 16.1 Å². The maximum Gasteiger partial charge on any atom is 0.305 e. The van der Waals surface area contributed by atoms with E-state index >= 15 is 0 Å². The van der Waals surface area contributed by atoms with Gasteiger partial charge in [-0.1, -0.05) is 12.1 Å². The van der Waals surface area contributed by atoms with Crippen LogP contribution < -0.4 is 4.74 Å². The number of benzene rings is 1. The van der Waals surface area contributed by atoms with Crippen LogP contribution in [0.15, 0.2) is 43.0 Å². The lowest BCUT2D eigenvalue weighted by molar-refractivity contribution is -0.143. The van der Waals surface area contributed by atoms with Crippen molar-refractivity contribution in [2.24, 2.45) is 0 Å². The number of hydrogen-bond donors (Lipinski definition) is 0. The molecular formula is C16H20N2O3. The molecule has 0 saturated heterocycles. The number of ether oxygens (including phenoxy) is 2. The van der Waals surface area contributed by atoms with Crippen LogP contribution in [0.2, 0.25) is 0 Å². The summed E-state index contributed by atoms with van der Waals surface area (Å²) in [6, 6.07) is 7.94. The highest BCUT2D eigenvalue weighted by Gasteiger charge is 2.02. The molecule has 0 fully saturated rings. The van der Waals surface area contributed by atoms with Gasteiger partial charge in [0.05, 0.1) is 19.5 Å². The van der Waals surface area contributed by atoms with Crippen LogP contribution in [0.4, 0.5) is 0 Å². The van der Waals surface area contributed by atoms with Crippen LogP contribution in [0.25, 0.3) is 0 Å². The molecule has 0 radical (unpaired) electrons. The van der Waals surface area contributed by atoms with Gasteiger partial charge < -0.3 is 14.0 Å². The van der Waals surface area contributed by atoms with Gasteiger partial charge >= 0.3 is 5.97 Å². The van der Waals surface area contributed by atoms with Crippen molar-refractivity contribution in [1.82, 2.24) is 9.55 Å². The monoisotopic (exact) mass is 288 g/mol. The molecule has 1 aromatic heterocycles. The maximum absolute atomic E-state index is 11.2. The van der Waals surface area contributed by atoms with Crippen LogP contribution in [-0.4, -0.2) is 28.7 Å². The minimum atomic E-state index is -0.170. The fourth-order valence-corrected chi connectivity index (χ4v) is 1.92. The van der Waals surface area contributed by atoms with Crippen molar-refractivity contribution in [2.75, 3.05) is 13.2 Å². The summed E-state index contributed by atoms with van der Waals surface area (Å²) in [5.74, 6) is 0.644. The van der Waals surface area contributed by atoms with Gasteiger partial charge in [0.1, 0.15) is 5.75 Å². The largest absolute Gasteiger partial charge is 0.494 e. The van der Waals surface area contributed by atoms with Gasteiger partial charge in [-0.25, -0.2) is 4.98 Å². The molecule has 0 unspecified atom stereocenters. The van der Waals surface area contributed by atoms with E-state index in [0.29, 0.717) is 26.1 Å². The van der Waals surface area contributed by atoms with Gasteiger partial charge in [-0.15, -0.1) is 0 Å². The van der Waals surface area contributed by atoms with Gasteiger partial charge in [0.2, 0.25) is 0 Å².